The van der Waals surface area contributed by atoms with E-state index in [0.29, 0.717) is 0 Å². The number of methoxy groups -OCH3 is 1. The molecule has 0 aliphatic rings. The highest BCUT2D eigenvalue weighted by molar-refractivity contribution is 9.10. The molecular weight excluding hydrogens is 390 g/mol. The van der Waals surface area contributed by atoms with Crippen molar-refractivity contribution in [2.75, 3.05) is 20.7 Å². The van der Waals surface area contributed by atoms with Crippen LogP contribution in [0.4, 0.5) is 5.69 Å². The highest BCUT2D eigenvalue weighted by atomic mass is 79.9. The van der Waals surface area contributed by atoms with E-state index in [1.54, 1.807) is 7.11 Å². The highest BCUT2D eigenvalue weighted by Crippen LogP contribution is 2.26. The standard InChI is InChI=1S/C21H28BrN3O/c1-5-25(3)15-23-21-14-19(22)20(24-16(21)2)9-7-6-8-17-10-12-18(26-4)13-11-17/h10-15H,5-9H2,1-4H3. The van der Waals surface area contributed by atoms with Crippen molar-refractivity contribution in [3.8, 4) is 5.75 Å². The lowest BCUT2D eigenvalue weighted by Gasteiger charge is -2.10. The first-order valence-electron chi connectivity index (χ1n) is 9.06. The number of ether oxygens (including phenoxy) is 1. The number of aliphatic imine (C=N–C) groups is 1. The van der Waals surface area contributed by atoms with Crippen molar-refractivity contribution in [3.63, 3.8) is 0 Å². The smallest absolute Gasteiger partial charge is 0.118 e. The number of hydrogen-bond acceptors (Lipinski definition) is 3. The van der Waals surface area contributed by atoms with E-state index in [4.69, 9.17) is 9.72 Å². The van der Waals surface area contributed by atoms with Gasteiger partial charge in [0.1, 0.15) is 5.75 Å². The van der Waals surface area contributed by atoms with Crippen LogP contribution < -0.4 is 4.74 Å². The predicted octanol–water partition coefficient (Wildman–Crippen LogP) is 5.34. The van der Waals surface area contributed by atoms with Crippen LogP contribution in [0.2, 0.25) is 0 Å². The lowest BCUT2D eigenvalue weighted by atomic mass is 10.1. The molecule has 0 amide bonds. The van der Waals surface area contributed by atoms with Crippen LogP contribution in [0.5, 0.6) is 5.75 Å². The second-order valence-corrected chi connectivity index (χ2v) is 7.25. The van der Waals surface area contributed by atoms with Crippen molar-refractivity contribution >= 4 is 28.0 Å². The molecule has 0 fully saturated rings. The maximum absolute atomic E-state index is 5.20. The van der Waals surface area contributed by atoms with Crippen molar-refractivity contribution in [1.29, 1.82) is 0 Å². The summed E-state index contributed by atoms with van der Waals surface area (Å²) >= 11 is 3.65. The summed E-state index contributed by atoms with van der Waals surface area (Å²) < 4.78 is 6.24. The highest BCUT2D eigenvalue weighted by Gasteiger charge is 2.07. The predicted molar refractivity (Wildman–Crippen MR) is 113 cm³/mol. The molecule has 0 bridgehead atoms. The lowest BCUT2D eigenvalue weighted by Crippen LogP contribution is -2.14. The van der Waals surface area contributed by atoms with Gasteiger partial charge in [-0.15, -0.1) is 0 Å². The zero-order chi connectivity index (χ0) is 18.9. The van der Waals surface area contributed by atoms with Crippen molar-refractivity contribution in [2.45, 2.75) is 39.5 Å². The first-order chi connectivity index (χ1) is 12.5. The zero-order valence-corrected chi connectivity index (χ0v) is 17.7. The molecule has 2 aromatic rings. The Morgan fingerprint density at radius 1 is 1.19 bits per heavy atom. The molecule has 140 valence electrons. The Morgan fingerprint density at radius 3 is 2.54 bits per heavy atom. The average molecular weight is 418 g/mol. The molecule has 0 N–H and O–H groups in total. The van der Waals surface area contributed by atoms with Gasteiger partial charge in [0, 0.05) is 18.1 Å². The Kier molecular flexibility index (Phi) is 8.10. The summed E-state index contributed by atoms with van der Waals surface area (Å²) in [6, 6.07) is 10.4. The van der Waals surface area contributed by atoms with Crippen LogP contribution in [0.25, 0.3) is 0 Å². The van der Waals surface area contributed by atoms with Gasteiger partial charge >= 0.3 is 0 Å². The molecule has 0 radical (unpaired) electrons. The molecule has 0 aliphatic carbocycles. The molecule has 1 heterocycles. The van der Waals surface area contributed by atoms with Crippen LogP contribution in [0.15, 0.2) is 39.8 Å². The zero-order valence-electron chi connectivity index (χ0n) is 16.1. The largest absolute Gasteiger partial charge is 0.497 e. The van der Waals surface area contributed by atoms with E-state index in [-0.39, 0.29) is 0 Å². The molecule has 5 heteroatoms. The SMILES string of the molecule is CCN(C)C=Nc1cc(Br)c(CCCCc2ccc(OC)cc2)nc1C. The third-order valence-electron chi connectivity index (χ3n) is 4.39. The first kappa shape index (κ1) is 20.4. The molecule has 0 atom stereocenters. The first-order valence-corrected chi connectivity index (χ1v) is 9.86. The Hall–Kier alpha value is -1.88. The van der Waals surface area contributed by atoms with Crippen LogP contribution in [0.1, 0.15) is 36.7 Å². The molecule has 0 unspecified atom stereocenters. The summed E-state index contributed by atoms with van der Waals surface area (Å²) in [6.45, 7) is 5.05. The third-order valence-corrected chi connectivity index (χ3v) is 5.08. The average Bonchev–Trinajstić information content (AvgIpc) is 2.66. The van der Waals surface area contributed by atoms with Crippen LogP contribution >= 0.6 is 15.9 Å². The van der Waals surface area contributed by atoms with Gasteiger partial charge in [-0.1, -0.05) is 12.1 Å². The number of nitrogens with zero attached hydrogens (tertiary/aromatic N) is 3. The second-order valence-electron chi connectivity index (χ2n) is 6.39. The molecule has 26 heavy (non-hydrogen) atoms. The minimum Gasteiger partial charge on any atom is -0.497 e. The van der Waals surface area contributed by atoms with Crippen molar-refractivity contribution in [3.05, 3.63) is 51.8 Å². The summed E-state index contributed by atoms with van der Waals surface area (Å²) in [5, 5.41) is 0. The van der Waals surface area contributed by atoms with E-state index in [1.165, 1.54) is 5.56 Å². The molecule has 0 aliphatic heterocycles. The van der Waals surface area contributed by atoms with Gasteiger partial charge < -0.3 is 9.64 Å². The fraction of sp³-hybridized carbons (Fsp3) is 0.429. The number of unbranched alkanes of at least 4 members (excludes halogenated alkanes) is 1. The number of halogens is 1. The van der Waals surface area contributed by atoms with Crippen molar-refractivity contribution in [2.24, 2.45) is 4.99 Å². The Labute approximate surface area is 165 Å². The maximum atomic E-state index is 5.20. The lowest BCUT2D eigenvalue weighted by molar-refractivity contribution is 0.414. The quantitative estimate of drug-likeness (QED) is 0.314. The summed E-state index contributed by atoms with van der Waals surface area (Å²) in [4.78, 5) is 11.3. The molecule has 0 spiro atoms. The fourth-order valence-electron chi connectivity index (χ4n) is 2.58. The van der Waals surface area contributed by atoms with Crippen LogP contribution in [-0.2, 0) is 12.8 Å². The summed E-state index contributed by atoms with van der Waals surface area (Å²) in [7, 11) is 3.71. The Bertz CT molecular complexity index is 729. The molecule has 0 saturated carbocycles. The summed E-state index contributed by atoms with van der Waals surface area (Å²) in [5.41, 5.74) is 4.34. The van der Waals surface area contributed by atoms with Gasteiger partial charge in [-0.3, -0.25) is 4.98 Å². The monoisotopic (exact) mass is 417 g/mol. The van der Waals surface area contributed by atoms with Crippen molar-refractivity contribution < 1.29 is 4.74 Å². The fourth-order valence-corrected chi connectivity index (χ4v) is 3.09. The number of pyridine rings is 1. The van der Waals surface area contributed by atoms with E-state index >= 15 is 0 Å². The number of hydrogen-bond donors (Lipinski definition) is 0. The molecule has 0 saturated heterocycles. The van der Waals surface area contributed by atoms with Crippen LogP contribution in [0, 0.1) is 6.92 Å². The topological polar surface area (TPSA) is 37.7 Å². The molecule has 1 aromatic heterocycles. The normalized spacial score (nSPS) is 11.1. The molecule has 2 rings (SSSR count). The number of aryl methyl sites for hydroxylation is 3. The third kappa shape index (κ3) is 6.13. The minimum atomic E-state index is 0.908. The summed E-state index contributed by atoms with van der Waals surface area (Å²) in [5.74, 6) is 0.908. The van der Waals surface area contributed by atoms with Gasteiger partial charge in [0.15, 0.2) is 0 Å². The minimum absolute atomic E-state index is 0.908. The van der Waals surface area contributed by atoms with Gasteiger partial charge in [0.25, 0.3) is 0 Å². The van der Waals surface area contributed by atoms with E-state index < -0.39 is 0 Å². The number of rotatable bonds is 9. The van der Waals surface area contributed by atoms with Gasteiger partial charge in [-0.25, -0.2) is 4.99 Å². The molecule has 1 aromatic carbocycles. The maximum Gasteiger partial charge on any atom is 0.118 e. The Morgan fingerprint density at radius 2 is 1.88 bits per heavy atom. The van der Waals surface area contributed by atoms with E-state index in [1.807, 2.05) is 37.3 Å². The molecule has 4 nitrogen and oxygen atoms in total. The van der Waals surface area contributed by atoms with Crippen LogP contribution in [0.3, 0.4) is 0 Å². The van der Waals surface area contributed by atoms with Gasteiger partial charge in [0.05, 0.1) is 30.5 Å². The van der Waals surface area contributed by atoms with Gasteiger partial charge in [-0.05, 0) is 79.2 Å². The van der Waals surface area contributed by atoms with Crippen molar-refractivity contribution in [1.82, 2.24) is 9.88 Å². The summed E-state index contributed by atoms with van der Waals surface area (Å²) in [6.07, 6.45) is 6.15. The Balaban J connectivity index is 1.88. The van der Waals surface area contributed by atoms with E-state index in [2.05, 4.69) is 46.0 Å². The van der Waals surface area contributed by atoms with Gasteiger partial charge in [0.2, 0.25) is 0 Å². The van der Waals surface area contributed by atoms with E-state index in [0.717, 1.165) is 59.5 Å². The van der Waals surface area contributed by atoms with E-state index in [9.17, 15) is 0 Å². The molecular formula is C21H28BrN3O. The van der Waals surface area contributed by atoms with Crippen LogP contribution in [-0.4, -0.2) is 36.9 Å². The second kappa shape index (κ2) is 10.3. The number of aromatic nitrogens is 1. The number of benzene rings is 1. The van der Waals surface area contributed by atoms with Gasteiger partial charge in [-0.2, -0.15) is 0 Å².